The molecule has 0 aliphatic rings. The van der Waals surface area contributed by atoms with Gasteiger partial charge in [-0.25, -0.2) is 0 Å². The number of nitrogens with zero attached hydrogens (tertiary/aromatic N) is 1. The standard InChI is InChI=1S/C14H13NO3/c1-10-2-4-11(5-3-10)14(16)12-6-8-13(9-7-12)15(17)18/h2-9,14,16H,1H3/t14-/m0/s1. The summed E-state index contributed by atoms with van der Waals surface area (Å²) in [5, 5.41) is 20.7. The van der Waals surface area contributed by atoms with Crippen molar-refractivity contribution in [3.05, 3.63) is 75.3 Å². The summed E-state index contributed by atoms with van der Waals surface area (Å²) < 4.78 is 0. The van der Waals surface area contributed by atoms with Gasteiger partial charge in [-0.1, -0.05) is 29.8 Å². The molecule has 0 radical (unpaired) electrons. The highest BCUT2D eigenvalue weighted by Gasteiger charge is 2.12. The van der Waals surface area contributed by atoms with Crippen LogP contribution in [0.25, 0.3) is 0 Å². The van der Waals surface area contributed by atoms with Crippen LogP contribution >= 0.6 is 0 Å². The number of aliphatic hydroxyl groups is 1. The quantitative estimate of drug-likeness (QED) is 0.665. The van der Waals surface area contributed by atoms with E-state index in [4.69, 9.17) is 0 Å². The molecule has 1 N–H and O–H groups in total. The van der Waals surface area contributed by atoms with Crippen LogP contribution in [0.4, 0.5) is 5.69 Å². The average Bonchev–Trinajstić information content (AvgIpc) is 2.39. The highest BCUT2D eigenvalue weighted by Crippen LogP contribution is 2.24. The van der Waals surface area contributed by atoms with Gasteiger partial charge in [0.15, 0.2) is 0 Å². The van der Waals surface area contributed by atoms with Crippen LogP contribution in [-0.4, -0.2) is 10.0 Å². The molecule has 1 atom stereocenters. The van der Waals surface area contributed by atoms with Crippen molar-refractivity contribution in [1.29, 1.82) is 0 Å². The van der Waals surface area contributed by atoms with Crippen LogP contribution in [0.2, 0.25) is 0 Å². The molecule has 0 unspecified atom stereocenters. The van der Waals surface area contributed by atoms with Crippen LogP contribution in [0, 0.1) is 17.0 Å². The Balaban J connectivity index is 2.25. The normalized spacial score (nSPS) is 12.1. The minimum absolute atomic E-state index is 0.0230. The van der Waals surface area contributed by atoms with E-state index in [1.165, 1.54) is 12.1 Å². The minimum atomic E-state index is -0.758. The van der Waals surface area contributed by atoms with Gasteiger partial charge in [0.25, 0.3) is 5.69 Å². The van der Waals surface area contributed by atoms with Gasteiger partial charge in [-0.15, -0.1) is 0 Å². The number of nitro groups is 1. The van der Waals surface area contributed by atoms with E-state index < -0.39 is 11.0 Å². The molecule has 2 rings (SSSR count). The molecule has 2 aromatic rings. The summed E-state index contributed by atoms with van der Waals surface area (Å²) in [5.74, 6) is 0. The molecule has 0 heterocycles. The van der Waals surface area contributed by atoms with Crippen molar-refractivity contribution in [2.45, 2.75) is 13.0 Å². The zero-order valence-electron chi connectivity index (χ0n) is 9.91. The highest BCUT2D eigenvalue weighted by atomic mass is 16.6. The van der Waals surface area contributed by atoms with E-state index in [0.717, 1.165) is 11.1 Å². The summed E-state index contributed by atoms with van der Waals surface area (Å²) in [5.41, 5.74) is 2.56. The van der Waals surface area contributed by atoms with Crippen molar-refractivity contribution in [3.8, 4) is 0 Å². The lowest BCUT2D eigenvalue weighted by Gasteiger charge is -2.11. The summed E-state index contributed by atoms with van der Waals surface area (Å²) in [4.78, 5) is 10.1. The fourth-order valence-corrected chi connectivity index (χ4v) is 1.72. The minimum Gasteiger partial charge on any atom is -0.384 e. The smallest absolute Gasteiger partial charge is 0.269 e. The van der Waals surface area contributed by atoms with Crippen molar-refractivity contribution >= 4 is 5.69 Å². The first-order chi connectivity index (χ1) is 8.58. The Hall–Kier alpha value is -2.20. The number of hydrogen-bond acceptors (Lipinski definition) is 3. The Morgan fingerprint density at radius 2 is 1.44 bits per heavy atom. The molecule has 92 valence electrons. The molecule has 18 heavy (non-hydrogen) atoms. The lowest BCUT2D eigenvalue weighted by Crippen LogP contribution is -1.99. The summed E-state index contributed by atoms with van der Waals surface area (Å²) in [6.45, 7) is 1.97. The van der Waals surface area contributed by atoms with E-state index in [2.05, 4.69) is 0 Å². The van der Waals surface area contributed by atoms with Gasteiger partial charge in [-0.3, -0.25) is 10.1 Å². The third-order valence-electron chi connectivity index (χ3n) is 2.81. The molecule has 0 aliphatic carbocycles. The van der Waals surface area contributed by atoms with Gasteiger partial charge in [0.05, 0.1) is 4.92 Å². The van der Waals surface area contributed by atoms with E-state index >= 15 is 0 Å². The molecule has 4 nitrogen and oxygen atoms in total. The first kappa shape index (κ1) is 12.3. The molecule has 4 heteroatoms. The number of hydrogen-bond donors (Lipinski definition) is 1. The Kier molecular flexibility index (Phi) is 3.39. The van der Waals surface area contributed by atoms with Crippen LogP contribution in [0.3, 0.4) is 0 Å². The Morgan fingerprint density at radius 1 is 1.00 bits per heavy atom. The van der Waals surface area contributed by atoms with E-state index in [-0.39, 0.29) is 5.69 Å². The molecule has 0 amide bonds. The second-order valence-electron chi connectivity index (χ2n) is 4.16. The van der Waals surface area contributed by atoms with Crippen LogP contribution in [0.5, 0.6) is 0 Å². The number of benzene rings is 2. The molecule has 0 bridgehead atoms. The third kappa shape index (κ3) is 2.55. The van der Waals surface area contributed by atoms with Crippen molar-refractivity contribution in [2.75, 3.05) is 0 Å². The maximum absolute atomic E-state index is 10.5. The number of aliphatic hydroxyl groups excluding tert-OH is 1. The van der Waals surface area contributed by atoms with Gasteiger partial charge in [0.1, 0.15) is 6.10 Å². The van der Waals surface area contributed by atoms with Gasteiger partial charge in [0.2, 0.25) is 0 Å². The fourth-order valence-electron chi connectivity index (χ4n) is 1.72. The van der Waals surface area contributed by atoms with Crippen molar-refractivity contribution in [1.82, 2.24) is 0 Å². The zero-order valence-corrected chi connectivity index (χ0v) is 9.91. The lowest BCUT2D eigenvalue weighted by molar-refractivity contribution is -0.384. The molecule has 2 aromatic carbocycles. The second-order valence-corrected chi connectivity index (χ2v) is 4.16. The first-order valence-electron chi connectivity index (χ1n) is 5.57. The third-order valence-corrected chi connectivity index (χ3v) is 2.81. The van der Waals surface area contributed by atoms with Crippen molar-refractivity contribution in [3.63, 3.8) is 0 Å². The monoisotopic (exact) mass is 243 g/mol. The van der Waals surface area contributed by atoms with Crippen LogP contribution < -0.4 is 0 Å². The van der Waals surface area contributed by atoms with Gasteiger partial charge >= 0.3 is 0 Å². The number of non-ortho nitro benzene ring substituents is 1. The summed E-state index contributed by atoms with van der Waals surface area (Å²) in [6.07, 6.45) is -0.758. The molecular formula is C14H13NO3. The van der Waals surface area contributed by atoms with Gasteiger partial charge < -0.3 is 5.11 Å². The fraction of sp³-hybridized carbons (Fsp3) is 0.143. The summed E-state index contributed by atoms with van der Waals surface area (Å²) in [7, 11) is 0. The number of aryl methyl sites for hydroxylation is 1. The van der Waals surface area contributed by atoms with E-state index in [1.807, 2.05) is 31.2 Å². The molecule has 0 fully saturated rings. The Morgan fingerprint density at radius 3 is 1.89 bits per heavy atom. The SMILES string of the molecule is Cc1ccc([C@H](O)c2ccc([N+](=O)[O-])cc2)cc1. The molecular weight excluding hydrogens is 230 g/mol. The number of nitro benzene ring substituents is 1. The van der Waals surface area contributed by atoms with Crippen LogP contribution in [0.1, 0.15) is 22.8 Å². The van der Waals surface area contributed by atoms with Gasteiger partial charge in [-0.05, 0) is 30.2 Å². The molecule has 0 spiro atoms. The molecule has 0 saturated carbocycles. The van der Waals surface area contributed by atoms with E-state index in [0.29, 0.717) is 5.56 Å². The Bertz CT molecular complexity index is 546. The predicted octanol–water partition coefficient (Wildman–Crippen LogP) is 2.98. The topological polar surface area (TPSA) is 63.4 Å². The van der Waals surface area contributed by atoms with E-state index in [1.54, 1.807) is 12.1 Å². The average molecular weight is 243 g/mol. The maximum atomic E-state index is 10.5. The maximum Gasteiger partial charge on any atom is 0.269 e. The number of rotatable bonds is 3. The zero-order chi connectivity index (χ0) is 13.1. The summed E-state index contributed by atoms with van der Waals surface area (Å²) in [6, 6.07) is 13.5. The second kappa shape index (κ2) is 4.98. The molecule has 0 aromatic heterocycles. The Labute approximate surface area is 105 Å². The van der Waals surface area contributed by atoms with Crippen molar-refractivity contribution < 1.29 is 10.0 Å². The predicted molar refractivity (Wildman–Crippen MR) is 68.3 cm³/mol. The van der Waals surface area contributed by atoms with E-state index in [9.17, 15) is 15.2 Å². The largest absolute Gasteiger partial charge is 0.384 e. The highest BCUT2D eigenvalue weighted by molar-refractivity contribution is 5.37. The van der Waals surface area contributed by atoms with Gasteiger partial charge in [0, 0.05) is 12.1 Å². The lowest BCUT2D eigenvalue weighted by atomic mass is 10.0. The molecule has 0 aliphatic heterocycles. The van der Waals surface area contributed by atoms with Crippen molar-refractivity contribution in [2.24, 2.45) is 0 Å². The summed E-state index contributed by atoms with van der Waals surface area (Å²) >= 11 is 0. The molecule has 0 saturated heterocycles. The van der Waals surface area contributed by atoms with Crippen LogP contribution in [0.15, 0.2) is 48.5 Å². The van der Waals surface area contributed by atoms with Crippen LogP contribution in [-0.2, 0) is 0 Å². The van der Waals surface area contributed by atoms with Gasteiger partial charge in [-0.2, -0.15) is 0 Å². The first-order valence-corrected chi connectivity index (χ1v) is 5.57.